The van der Waals surface area contributed by atoms with Crippen LogP contribution in [0.1, 0.15) is 60.5 Å². The maximum atomic E-state index is 12.8. The molecule has 1 amide bonds. The van der Waals surface area contributed by atoms with Crippen molar-refractivity contribution in [2.45, 2.75) is 52.1 Å². The van der Waals surface area contributed by atoms with E-state index in [1.165, 1.54) is 6.42 Å². The molecular weight excluding hydrogens is 278 g/mol. The highest BCUT2D eigenvalue weighted by atomic mass is 16.4. The quantitative estimate of drug-likeness (QED) is 0.926. The maximum absolute atomic E-state index is 12.8. The van der Waals surface area contributed by atoms with Crippen molar-refractivity contribution >= 4 is 11.9 Å². The molecule has 1 fully saturated rings. The van der Waals surface area contributed by atoms with Gasteiger partial charge >= 0.3 is 5.97 Å². The molecule has 22 heavy (non-hydrogen) atoms. The van der Waals surface area contributed by atoms with E-state index < -0.39 is 5.97 Å². The van der Waals surface area contributed by atoms with E-state index in [-0.39, 0.29) is 11.8 Å². The Labute approximate surface area is 131 Å². The van der Waals surface area contributed by atoms with Gasteiger partial charge in [-0.25, -0.2) is 4.79 Å². The van der Waals surface area contributed by atoms with E-state index in [0.717, 1.165) is 36.8 Å². The molecule has 1 aromatic carbocycles. The minimum Gasteiger partial charge on any atom is -0.478 e. The van der Waals surface area contributed by atoms with Gasteiger partial charge in [0, 0.05) is 19.0 Å². The smallest absolute Gasteiger partial charge is 0.335 e. The predicted octanol–water partition coefficient (Wildman–Crippen LogP) is 3.44. The summed E-state index contributed by atoms with van der Waals surface area (Å²) in [4.78, 5) is 25.8. The zero-order valence-corrected chi connectivity index (χ0v) is 13.0. The minimum absolute atomic E-state index is 0.174. The van der Waals surface area contributed by atoms with Crippen LogP contribution in [-0.2, 0) is 17.9 Å². The van der Waals surface area contributed by atoms with Crippen molar-refractivity contribution in [2.75, 3.05) is 0 Å². The highest BCUT2D eigenvalue weighted by Gasteiger charge is 2.36. The van der Waals surface area contributed by atoms with Crippen molar-refractivity contribution in [3.05, 3.63) is 34.9 Å². The SMILES string of the molecule is CCCC1CCCC1C(=O)N1Cc2ccc(C(=O)O)cc2C1. The van der Waals surface area contributed by atoms with Crippen LogP contribution in [0.25, 0.3) is 0 Å². The molecule has 0 aromatic heterocycles. The summed E-state index contributed by atoms with van der Waals surface area (Å²) in [6.07, 6.45) is 5.62. The van der Waals surface area contributed by atoms with Gasteiger partial charge in [0.2, 0.25) is 5.91 Å². The molecule has 0 spiro atoms. The van der Waals surface area contributed by atoms with E-state index in [0.29, 0.717) is 24.6 Å². The second-order valence-corrected chi connectivity index (χ2v) is 6.57. The zero-order valence-electron chi connectivity index (χ0n) is 13.0. The standard InChI is InChI=1S/C18H23NO3/c1-2-4-12-5-3-6-16(12)17(20)19-10-14-8-7-13(18(21)22)9-15(14)11-19/h7-9,12,16H,2-6,10-11H2,1H3,(H,21,22). The third kappa shape index (κ3) is 2.74. The molecule has 0 radical (unpaired) electrons. The van der Waals surface area contributed by atoms with E-state index in [2.05, 4.69) is 6.92 Å². The van der Waals surface area contributed by atoms with E-state index in [4.69, 9.17) is 5.11 Å². The lowest BCUT2D eigenvalue weighted by Gasteiger charge is -2.24. The maximum Gasteiger partial charge on any atom is 0.335 e. The van der Waals surface area contributed by atoms with E-state index in [9.17, 15) is 9.59 Å². The predicted molar refractivity (Wildman–Crippen MR) is 83.4 cm³/mol. The fourth-order valence-corrected chi connectivity index (χ4v) is 4.00. The van der Waals surface area contributed by atoms with Gasteiger partial charge in [0.1, 0.15) is 0 Å². The number of carboxylic acids is 1. The van der Waals surface area contributed by atoms with Gasteiger partial charge < -0.3 is 10.0 Å². The average Bonchev–Trinajstić information content (AvgIpc) is 3.12. The number of benzene rings is 1. The van der Waals surface area contributed by atoms with Crippen LogP contribution in [0.2, 0.25) is 0 Å². The van der Waals surface area contributed by atoms with Gasteiger partial charge in [0.25, 0.3) is 0 Å². The number of hydrogen-bond acceptors (Lipinski definition) is 2. The summed E-state index contributed by atoms with van der Waals surface area (Å²) in [5, 5.41) is 9.08. The Balaban J connectivity index is 1.72. The van der Waals surface area contributed by atoms with Crippen molar-refractivity contribution in [3.8, 4) is 0 Å². The Kier molecular flexibility index (Phi) is 4.19. The molecule has 3 rings (SSSR count). The first kappa shape index (κ1) is 15.1. The second-order valence-electron chi connectivity index (χ2n) is 6.57. The molecule has 4 nitrogen and oxygen atoms in total. The van der Waals surface area contributed by atoms with Crippen molar-refractivity contribution < 1.29 is 14.7 Å². The number of nitrogens with zero attached hydrogens (tertiary/aromatic N) is 1. The minimum atomic E-state index is -0.911. The van der Waals surface area contributed by atoms with Gasteiger partial charge in [-0.1, -0.05) is 25.8 Å². The fraction of sp³-hybridized carbons (Fsp3) is 0.556. The molecule has 1 saturated carbocycles. The molecule has 1 heterocycles. The van der Waals surface area contributed by atoms with Crippen LogP contribution < -0.4 is 0 Å². The van der Waals surface area contributed by atoms with Crippen molar-refractivity contribution in [2.24, 2.45) is 11.8 Å². The average molecular weight is 301 g/mol. The van der Waals surface area contributed by atoms with Crippen LogP contribution >= 0.6 is 0 Å². The summed E-state index contributed by atoms with van der Waals surface area (Å²) in [7, 11) is 0. The third-order valence-electron chi connectivity index (χ3n) is 5.12. The molecule has 4 heteroatoms. The van der Waals surface area contributed by atoms with Crippen LogP contribution in [0.5, 0.6) is 0 Å². The van der Waals surface area contributed by atoms with Crippen LogP contribution in [0.4, 0.5) is 0 Å². The monoisotopic (exact) mass is 301 g/mol. The number of hydrogen-bond donors (Lipinski definition) is 1. The number of rotatable bonds is 4. The Morgan fingerprint density at radius 3 is 2.73 bits per heavy atom. The van der Waals surface area contributed by atoms with Gasteiger partial charge in [-0.05, 0) is 48.4 Å². The topological polar surface area (TPSA) is 57.6 Å². The lowest BCUT2D eigenvalue weighted by molar-refractivity contribution is -0.137. The Bertz CT molecular complexity index is 596. The molecular formula is C18H23NO3. The fourth-order valence-electron chi connectivity index (χ4n) is 4.00. The largest absolute Gasteiger partial charge is 0.478 e. The number of carbonyl (C=O) groups excluding carboxylic acids is 1. The summed E-state index contributed by atoms with van der Waals surface area (Å²) in [5.74, 6) is 0.0689. The van der Waals surface area contributed by atoms with E-state index >= 15 is 0 Å². The van der Waals surface area contributed by atoms with Crippen LogP contribution in [0, 0.1) is 11.8 Å². The highest BCUT2D eigenvalue weighted by molar-refractivity contribution is 5.88. The lowest BCUT2D eigenvalue weighted by Crippen LogP contribution is -2.33. The molecule has 2 aliphatic rings. The molecule has 118 valence electrons. The number of aromatic carboxylic acids is 1. The molecule has 2 atom stereocenters. The number of fused-ring (bicyclic) bond motifs is 1. The van der Waals surface area contributed by atoms with Crippen LogP contribution in [-0.4, -0.2) is 21.9 Å². The second kappa shape index (κ2) is 6.11. The summed E-state index contributed by atoms with van der Waals surface area (Å²) in [6.45, 7) is 3.37. The van der Waals surface area contributed by atoms with E-state index in [1.54, 1.807) is 12.1 Å². The normalized spacial score (nSPS) is 23.6. The summed E-state index contributed by atoms with van der Waals surface area (Å²) < 4.78 is 0. The third-order valence-corrected chi connectivity index (χ3v) is 5.12. The highest BCUT2D eigenvalue weighted by Crippen LogP contribution is 2.37. The first-order valence-electron chi connectivity index (χ1n) is 8.24. The molecule has 0 saturated heterocycles. The lowest BCUT2D eigenvalue weighted by atomic mass is 9.91. The Morgan fingerprint density at radius 1 is 1.23 bits per heavy atom. The number of carbonyl (C=O) groups is 2. The Hall–Kier alpha value is -1.84. The summed E-state index contributed by atoms with van der Waals surface area (Å²) in [6, 6.07) is 5.19. The summed E-state index contributed by atoms with van der Waals surface area (Å²) >= 11 is 0. The van der Waals surface area contributed by atoms with Gasteiger partial charge in [-0.2, -0.15) is 0 Å². The van der Waals surface area contributed by atoms with Crippen LogP contribution in [0.3, 0.4) is 0 Å². The molecule has 2 unspecified atom stereocenters. The molecule has 1 N–H and O–H groups in total. The van der Waals surface area contributed by atoms with Gasteiger partial charge in [0.05, 0.1) is 5.56 Å². The molecule has 1 aliphatic heterocycles. The first-order valence-corrected chi connectivity index (χ1v) is 8.24. The van der Waals surface area contributed by atoms with Crippen molar-refractivity contribution in [1.29, 1.82) is 0 Å². The van der Waals surface area contributed by atoms with Gasteiger partial charge in [-0.15, -0.1) is 0 Å². The number of carboxylic acid groups (broad SMARTS) is 1. The van der Waals surface area contributed by atoms with E-state index in [1.807, 2.05) is 11.0 Å². The van der Waals surface area contributed by atoms with Crippen LogP contribution in [0.15, 0.2) is 18.2 Å². The molecule has 1 aliphatic carbocycles. The molecule has 0 bridgehead atoms. The van der Waals surface area contributed by atoms with Crippen molar-refractivity contribution in [3.63, 3.8) is 0 Å². The zero-order chi connectivity index (χ0) is 15.7. The molecule has 1 aromatic rings. The first-order chi connectivity index (χ1) is 10.6. The number of amides is 1. The Morgan fingerprint density at radius 2 is 2.00 bits per heavy atom. The summed E-state index contributed by atoms with van der Waals surface area (Å²) in [5.41, 5.74) is 2.37. The van der Waals surface area contributed by atoms with Crippen molar-refractivity contribution in [1.82, 2.24) is 4.90 Å². The van der Waals surface area contributed by atoms with Gasteiger partial charge in [-0.3, -0.25) is 4.79 Å². The van der Waals surface area contributed by atoms with Gasteiger partial charge in [0.15, 0.2) is 0 Å².